The highest BCUT2D eigenvalue weighted by molar-refractivity contribution is 7.99. The van der Waals surface area contributed by atoms with Gasteiger partial charge >= 0.3 is 0 Å². The summed E-state index contributed by atoms with van der Waals surface area (Å²) in [5, 5.41) is 3.91. The van der Waals surface area contributed by atoms with Crippen molar-refractivity contribution >= 4 is 23.5 Å². The first-order valence-electron chi connectivity index (χ1n) is 9.74. The van der Waals surface area contributed by atoms with E-state index >= 15 is 0 Å². The standard InChI is InChI=1S/C21H28N4O2S/c1-16-6-8-18(9-7-16)28-21-19(22-11-12-24-21)25-13-3-5-17(15-25)20(26)23-10-4-14-27-2/h6-9,11-12,17H,3-5,10,13-15H2,1-2H3,(H,23,26). The predicted octanol–water partition coefficient (Wildman–Crippen LogP) is 3.31. The van der Waals surface area contributed by atoms with E-state index < -0.39 is 0 Å². The number of carbonyl (C=O) groups excluding carboxylic acids is 1. The normalized spacial score (nSPS) is 16.8. The topological polar surface area (TPSA) is 67.3 Å². The summed E-state index contributed by atoms with van der Waals surface area (Å²) in [6.07, 6.45) is 6.17. The fourth-order valence-electron chi connectivity index (χ4n) is 3.28. The smallest absolute Gasteiger partial charge is 0.224 e. The van der Waals surface area contributed by atoms with Crippen LogP contribution in [0.3, 0.4) is 0 Å². The summed E-state index contributed by atoms with van der Waals surface area (Å²) in [4.78, 5) is 25.0. The highest BCUT2D eigenvalue weighted by Crippen LogP contribution is 2.34. The molecule has 1 atom stereocenters. The highest BCUT2D eigenvalue weighted by atomic mass is 32.2. The second-order valence-corrected chi connectivity index (χ2v) is 8.08. The minimum Gasteiger partial charge on any atom is -0.385 e. The molecular formula is C21H28N4O2S. The molecule has 7 heteroatoms. The van der Waals surface area contributed by atoms with Crippen molar-refractivity contribution in [2.75, 3.05) is 38.3 Å². The molecule has 2 aromatic rings. The van der Waals surface area contributed by atoms with Gasteiger partial charge in [0.2, 0.25) is 5.91 Å². The number of methoxy groups -OCH3 is 1. The Morgan fingerprint density at radius 3 is 2.86 bits per heavy atom. The van der Waals surface area contributed by atoms with Gasteiger partial charge in [0.25, 0.3) is 0 Å². The second kappa shape index (κ2) is 10.4. The largest absolute Gasteiger partial charge is 0.385 e. The zero-order valence-corrected chi connectivity index (χ0v) is 17.4. The number of anilines is 1. The van der Waals surface area contributed by atoms with Crippen LogP contribution in [-0.2, 0) is 9.53 Å². The maximum absolute atomic E-state index is 12.5. The second-order valence-electron chi connectivity index (χ2n) is 7.02. The van der Waals surface area contributed by atoms with E-state index in [-0.39, 0.29) is 11.8 Å². The van der Waals surface area contributed by atoms with Gasteiger partial charge in [-0.3, -0.25) is 4.79 Å². The molecule has 150 valence electrons. The van der Waals surface area contributed by atoms with Gasteiger partial charge in [-0.2, -0.15) is 0 Å². The third-order valence-electron chi connectivity index (χ3n) is 4.80. The van der Waals surface area contributed by atoms with E-state index in [4.69, 9.17) is 4.74 Å². The van der Waals surface area contributed by atoms with E-state index in [1.54, 1.807) is 31.3 Å². The van der Waals surface area contributed by atoms with E-state index in [0.717, 1.165) is 41.5 Å². The van der Waals surface area contributed by atoms with E-state index in [9.17, 15) is 4.79 Å². The summed E-state index contributed by atoms with van der Waals surface area (Å²) in [6.45, 7) is 4.97. The van der Waals surface area contributed by atoms with Crippen LogP contribution in [0.2, 0.25) is 0 Å². The maximum Gasteiger partial charge on any atom is 0.224 e. The number of nitrogens with zero attached hydrogens (tertiary/aromatic N) is 3. The number of aryl methyl sites for hydroxylation is 1. The lowest BCUT2D eigenvalue weighted by Gasteiger charge is -2.33. The van der Waals surface area contributed by atoms with E-state index in [1.807, 2.05) is 0 Å². The van der Waals surface area contributed by atoms with E-state index in [1.165, 1.54) is 5.56 Å². The van der Waals surface area contributed by atoms with Gasteiger partial charge in [0.1, 0.15) is 5.03 Å². The molecule has 1 aromatic heterocycles. The van der Waals surface area contributed by atoms with Crippen LogP contribution >= 0.6 is 11.8 Å². The van der Waals surface area contributed by atoms with E-state index in [0.29, 0.717) is 19.7 Å². The summed E-state index contributed by atoms with van der Waals surface area (Å²) in [7, 11) is 1.67. The quantitative estimate of drug-likeness (QED) is 0.686. The Labute approximate surface area is 171 Å². The number of nitrogens with one attached hydrogen (secondary N) is 1. The van der Waals surface area contributed by atoms with Crippen LogP contribution in [-0.4, -0.2) is 49.2 Å². The van der Waals surface area contributed by atoms with Crippen LogP contribution in [0, 0.1) is 12.8 Å². The molecule has 1 aliphatic rings. The number of hydrogen-bond donors (Lipinski definition) is 1. The van der Waals surface area contributed by atoms with Gasteiger partial charge in [-0.15, -0.1) is 0 Å². The minimum absolute atomic E-state index is 0.0180. The van der Waals surface area contributed by atoms with Gasteiger partial charge in [0.05, 0.1) is 5.92 Å². The summed E-state index contributed by atoms with van der Waals surface area (Å²) in [5.74, 6) is 0.970. The number of aromatic nitrogens is 2. The lowest BCUT2D eigenvalue weighted by atomic mass is 9.97. The summed E-state index contributed by atoms with van der Waals surface area (Å²) in [5.41, 5.74) is 1.24. The van der Waals surface area contributed by atoms with E-state index in [2.05, 4.69) is 51.4 Å². The number of hydrogen-bond acceptors (Lipinski definition) is 6. The third-order valence-corrected chi connectivity index (χ3v) is 5.79. The van der Waals surface area contributed by atoms with Crippen molar-refractivity contribution in [3.8, 4) is 0 Å². The van der Waals surface area contributed by atoms with Crippen molar-refractivity contribution in [2.45, 2.75) is 36.1 Å². The first-order valence-corrected chi connectivity index (χ1v) is 10.6. The molecule has 3 rings (SSSR count). The fraction of sp³-hybridized carbons (Fsp3) is 0.476. The average Bonchev–Trinajstić information content (AvgIpc) is 2.73. The Morgan fingerprint density at radius 2 is 2.07 bits per heavy atom. The molecule has 0 bridgehead atoms. The minimum atomic E-state index is -0.0180. The maximum atomic E-state index is 12.5. The van der Waals surface area contributed by atoms with Gasteiger partial charge < -0.3 is 15.0 Å². The Hall–Kier alpha value is -2.12. The molecule has 6 nitrogen and oxygen atoms in total. The summed E-state index contributed by atoms with van der Waals surface area (Å²) in [6, 6.07) is 8.41. The zero-order valence-electron chi connectivity index (χ0n) is 16.6. The SMILES string of the molecule is COCCCNC(=O)C1CCCN(c2nccnc2Sc2ccc(C)cc2)C1. The molecule has 1 aliphatic heterocycles. The van der Waals surface area contributed by atoms with Gasteiger partial charge in [-0.25, -0.2) is 9.97 Å². The molecule has 1 aromatic carbocycles. The zero-order chi connectivity index (χ0) is 19.8. The summed E-state index contributed by atoms with van der Waals surface area (Å²) >= 11 is 1.62. The third kappa shape index (κ3) is 5.69. The van der Waals surface area contributed by atoms with Gasteiger partial charge in [-0.05, 0) is 38.3 Å². The van der Waals surface area contributed by atoms with Crippen molar-refractivity contribution in [3.63, 3.8) is 0 Å². The Morgan fingerprint density at radius 1 is 1.29 bits per heavy atom. The summed E-state index contributed by atoms with van der Waals surface area (Å²) < 4.78 is 5.04. The fourth-order valence-corrected chi connectivity index (χ4v) is 4.16. The highest BCUT2D eigenvalue weighted by Gasteiger charge is 2.28. The Kier molecular flexibility index (Phi) is 7.68. The van der Waals surface area contributed by atoms with Crippen LogP contribution in [0.4, 0.5) is 5.82 Å². The van der Waals surface area contributed by atoms with Crippen LogP contribution in [0.5, 0.6) is 0 Å². The molecule has 1 saturated heterocycles. The van der Waals surface area contributed by atoms with Gasteiger partial charge in [0.15, 0.2) is 5.82 Å². The van der Waals surface area contributed by atoms with Crippen LogP contribution in [0.15, 0.2) is 46.6 Å². The number of rotatable bonds is 8. The van der Waals surface area contributed by atoms with Crippen LogP contribution in [0.1, 0.15) is 24.8 Å². The Bertz CT molecular complexity index is 769. The average molecular weight is 401 g/mol. The van der Waals surface area contributed by atoms with Crippen LogP contribution < -0.4 is 10.2 Å². The monoisotopic (exact) mass is 400 g/mol. The molecule has 0 aliphatic carbocycles. The van der Waals surface area contributed by atoms with Crippen molar-refractivity contribution in [1.82, 2.24) is 15.3 Å². The first-order chi connectivity index (χ1) is 13.7. The van der Waals surface area contributed by atoms with Gasteiger partial charge in [-0.1, -0.05) is 29.5 Å². The van der Waals surface area contributed by atoms with Crippen molar-refractivity contribution in [1.29, 1.82) is 0 Å². The van der Waals surface area contributed by atoms with Crippen molar-refractivity contribution in [2.24, 2.45) is 5.92 Å². The number of piperidine rings is 1. The number of amides is 1. The first kappa shape index (κ1) is 20.6. The van der Waals surface area contributed by atoms with Crippen molar-refractivity contribution in [3.05, 3.63) is 42.2 Å². The molecule has 28 heavy (non-hydrogen) atoms. The predicted molar refractivity (Wildman–Crippen MR) is 112 cm³/mol. The number of carbonyl (C=O) groups is 1. The molecule has 1 amide bonds. The molecular weight excluding hydrogens is 372 g/mol. The molecule has 1 unspecified atom stereocenters. The molecule has 1 N–H and O–H groups in total. The van der Waals surface area contributed by atoms with Gasteiger partial charge in [0, 0.05) is 50.6 Å². The lowest BCUT2D eigenvalue weighted by molar-refractivity contribution is -0.125. The van der Waals surface area contributed by atoms with Crippen molar-refractivity contribution < 1.29 is 9.53 Å². The molecule has 0 radical (unpaired) electrons. The number of ether oxygens (including phenoxy) is 1. The Balaban J connectivity index is 1.65. The van der Waals surface area contributed by atoms with Crippen LogP contribution in [0.25, 0.3) is 0 Å². The molecule has 1 fully saturated rings. The molecule has 2 heterocycles. The molecule has 0 spiro atoms. The lowest BCUT2D eigenvalue weighted by Crippen LogP contribution is -2.44. The number of benzene rings is 1. The molecule has 0 saturated carbocycles.